The first-order valence-corrected chi connectivity index (χ1v) is 6.35. The van der Waals surface area contributed by atoms with Crippen LogP contribution < -0.4 is 4.74 Å². The molecule has 0 aromatic carbocycles. The van der Waals surface area contributed by atoms with Crippen LogP contribution in [-0.4, -0.2) is 33.7 Å². The molecule has 0 aliphatic rings. The molecule has 0 saturated heterocycles. The van der Waals surface area contributed by atoms with Crippen LogP contribution in [0.5, 0.6) is 5.75 Å². The van der Waals surface area contributed by atoms with E-state index in [1.54, 1.807) is 36.8 Å². The highest BCUT2D eigenvalue weighted by Gasteiger charge is 2.18. The zero-order valence-corrected chi connectivity index (χ0v) is 11.0. The third kappa shape index (κ3) is 3.01. The first kappa shape index (κ1) is 13.1. The van der Waals surface area contributed by atoms with Gasteiger partial charge in [-0.05, 0) is 6.42 Å². The fourth-order valence-electron chi connectivity index (χ4n) is 1.29. The van der Waals surface area contributed by atoms with E-state index in [1.165, 1.54) is 0 Å². The van der Waals surface area contributed by atoms with E-state index in [4.69, 9.17) is 4.74 Å². The number of carbonyl (C=O) groups excluding carboxylic acids is 1. The second kappa shape index (κ2) is 5.94. The number of thioether (sulfide) groups is 1. The Labute approximate surface area is 100 Å². The molecular formula is C11H18N2O2S. The van der Waals surface area contributed by atoms with E-state index in [0.29, 0.717) is 22.4 Å². The van der Waals surface area contributed by atoms with Crippen molar-refractivity contribution in [3.05, 3.63) is 11.9 Å². The molecule has 5 heteroatoms. The summed E-state index contributed by atoms with van der Waals surface area (Å²) in [5, 5.41) is 4.52. The molecule has 1 rings (SSSR count). The summed E-state index contributed by atoms with van der Waals surface area (Å²) in [6.07, 6.45) is 2.64. The van der Waals surface area contributed by atoms with Gasteiger partial charge in [0.25, 0.3) is 0 Å². The van der Waals surface area contributed by atoms with Crippen molar-refractivity contribution in [1.82, 2.24) is 9.78 Å². The summed E-state index contributed by atoms with van der Waals surface area (Å²) in [5.41, 5.74) is 0.554. The summed E-state index contributed by atoms with van der Waals surface area (Å²) in [7, 11) is 3.30. The maximum absolute atomic E-state index is 12.0. The number of aromatic nitrogens is 2. The Morgan fingerprint density at radius 1 is 1.69 bits per heavy atom. The molecule has 1 unspecified atom stereocenters. The van der Waals surface area contributed by atoms with Crippen LogP contribution in [0.1, 0.15) is 30.8 Å². The minimum atomic E-state index is 0.0714. The summed E-state index contributed by atoms with van der Waals surface area (Å²) in [4.78, 5) is 12.0. The van der Waals surface area contributed by atoms with Gasteiger partial charge in [-0.1, -0.05) is 13.8 Å². The Kier molecular flexibility index (Phi) is 4.86. The van der Waals surface area contributed by atoms with Gasteiger partial charge in [0.05, 0.1) is 19.1 Å². The Balaban J connectivity index is 2.69. The Morgan fingerprint density at radius 3 is 2.94 bits per heavy atom. The van der Waals surface area contributed by atoms with Crippen LogP contribution >= 0.6 is 11.8 Å². The normalized spacial score (nSPS) is 12.5. The molecule has 0 bridgehead atoms. The highest BCUT2D eigenvalue weighted by Crippen LogP contribution is 2.21. The summed E-state index contributed by atoms with van der Waals surface area (Å²) < 4.78 is 6.67. The number of hydrogen-bond acceptors (Lipinski definition) is 4. The number of ether oxygens (including phenoxy) is 1. The van der Waals surface area contributed by atoms with Crippen LogP contribution in [0.25, 0.3) is 0 Å². The SMILES string of the molecule is CCC(C)SCC(=O)c1c(OC)cnn1C. The second-order valence-corrected chi connectivity index (χ2v) is 5.06. The molecule has 0 amide bonds. The predicted octanol–water partition coefficient (Wildman–Crippen LogP) is 2.14. The number of aryl methyl sites for hydroxylation is 1. The number of Topliss-reactive ketones (excluding diaryl/α,β-unsaturated/α-hetero) is 1. The van der Waals surface area contributed by atoms with Crippen molar-refractivity contribution in [2.75, 3.05) is 12.9 Å². The molecule has 1 atom stereocenters. The van der Waals surface area contributed by atoms with E-state index in [2.05, 4.69) is 18.9 Å². The number of nitrogens with zero attached hydrogens (tertiary/aromatic N) is 2. The van der Waals surface area contributed by atoms with E-state index in [0.717, 1.165) is 6.42 Å². The third-order valence-electron chi connectivity index (χ3n) is 2.46. The van der Waals surface area contributed by atoms with Gasteiger partial charge in [0.2, 0.25) is 0 Å². The molecule has 0 aliphatic heterocycles. The van der Waals surface area contributed by atoms with Crippen LogP contribution in [0.15, 0.2) is 6.20 Å². The number of ketones is 1. The van der Waals surface area contributed by atoms with Gasteiger partial charge < -0.3 is 4.74 Å². The predicted molar refractivity (Wildman–Crippen MR) is 66.3 cm³/mol. The third-order valence-corrected chi connectivity index (χ3v) is 3.79. The number of hydrogen-bond donors (Lipinski definition) is 0. The maximum atomic E-state index is 12.0. The van der Waals surface area contributed by atoms with Gasteiger partial charge in [-0.25, -0.2) is 0 Å². The molecule has 0 saturated carbocycles. The molecule has 16 heavy (non-hydrogen) atoms. The molecule has 0 radical (unpaired) electrons. The molecule has 4 nitrogen and oxygen atoms in total. The van der Waals surface area contributed by atoms with Gasteiger partial charge in [0, 0.05) is 12.3 Å². The van der Waals surface area contributed by atoms with E-state index >= 15 is 0 Å². The number of carbonyl (C=O) groups is 1. The number of rotatable bonds is 6. The Morgan fingerprint density at radius 2 is 2.38 bits per heavy atom. The van der Waals surface area contributed by atoms with Crippen LogP contribution in [0.2, 0.25) is 0 Å². The zero-order chi connectivity index (χ0) is 12.1. The molecule has 1 heterocycles. The minimum Gasteiger partial charge on any atom is -0.493 e. The standard InChI is InChI=1S/C11H18N2O2S/c1-5-8(2)16-7-9(14)11-10(15-4)6-12-13(11)3/h6,8H,5,7H2,1-4H3. The van der Waals surface area contributed by atoms with E-state index in [1.807, 2.05) is 0 Å². The molecular weight excluding hydrogens is 224 g/mol. The lowest BCUT2D eigenvalue weighted by Gasteiger charge is -2.08. The average molecular weight is 242 g/mol. The first-order chi connectivity index (χ1) is 7.60. The average Bonchev–Trinajstić information content (AvgIpc) is 2.66. The number of methoxy groups -OCH3 is 1. The molecule has 90 valence electrons. The van der Waals surface area contributed by atoms with Gasteiger partial charge >= 0.3 is 0 Å². The lowest BCUT2D eigenvalue weighted by molar-refractivity contribution is 0.101. The highest BCUT2D eigenvalue weighted by atomic mass is 32.2. The van der Waals surface area contributed by atoms with Crippen LogP contribution in [-0.2, 0) is 7.05 Å². The van der Waals surface area contributed by atoms with E-state index < -0.39 is 0 Å². The van der Waals surface area contributed by atoms with Crippen molar-refractivity contribution < 1.29 is 9.53 Å². The Bertz CT molecular complexity index is 363. The molecule has 1 aromatic heterocycles. The molecule has 0 N–H and O–H groups in total. The zero-order valence-electron chi connectivity index (χ0n) is 10.2. The lowest BCUT2D eigenvalue weighted by atomic mass is 10.3. The van der Waals surface area contributed by atoms with Crippen LogP contribution in [0.4, 0.5) is 0 Å². The molecule has 0 fully saturated rings. The van der Waals surface area contributed by atoms with E-state index in [-0.39, 0.29) is 5.78 Å². The van der Waals surface area contributed by atoms with Crippen LogP contribution in [0.3, 0.4) is 0 Å². The first-order valence-electron chi connectivity index (χ1n) is 5.30. The van der Waals surface area contributed by atoms with E-state index in [9.17, 15) is 4.79 Å². The van der Waals surface area contributed by atoms with Crippen LogP contribution in [0, 0.1) is 0 Å². The van der Waals surface area contributed by atoms with Crippen molar-refractivity contribution in [3.8, 4) is 5.75 Å². The summed E-state index contributed by atoms with van der Waals surface area (Å²) >= 11 is 1.66. The summed E-state index contributed by atoms with van der Waals surface area (Å²) in [5.74, 6) is 1.10. The monoisotopic (exact) mass is 242 g/mol. The minimum absolute atomic E-state index is 0.0714. The van der Waals surface area contributed by atoms with Crippen molar-refractivity contribution in [2.45, 2.75) is 25.5 Å². The fraction of sp³-hybridized carbons (Fsp3) is 0.636. The van der Waals surface area contributed by atoms with Gasteiger partial charge in [0.1, 0.15) is 5.69 Å². The fourth-order valence-corrected chi connectivity index (χ4v) is 2.10. The largest absolute Gasteiger partial charge is 0.493 e. The van der Waals surface area contributed by atoms with Crippen molar-refractivity contribution in [3.63, 3.8) is 0 Å². The van der Waals surface area contributed by atoms with Gasteiger partial charge in [0.15, 0.2) is 11.5 Å². The van der Waals surface area contributed by atoms with Crippen molar-refractivity contribution >= 4 is 17.5 Å². The second-order valence-electron chi connectivity index (χ2n) is 3.64. The van der Waals surface area contributed by atoms with Gasteiger partial charge in [-0.2, -0.15) is 16.9 Å². The molecule has 0 spiro atoms. The quantitative estimate of drug-likeness (QED) is 0.717. The summed E-state index contributed by atoms with van der Waals surface area (Å²) in [6.45, 7) is 4.24. The summed E-state index contributed by atoms with van der Waals surface area (Å²) in [6, 6.07) is 0. The molecule has 0 aliphatic carbocycles. The maximum Gasteiger partial charge on any atom is 0.194 e. The smallest absolute Gasteiger partial charge is 0.194 e. The molecule has 1 aromatic rings. The van der Waals surface area contributed by atoms with Crippen molar-refractivity contribution in [2.24, 2.45) is 7.05 Å². The van der Waals surface area contributed by atoms with Crippen molar-refractivity contribution in [1.29, 1.82) is 0 Å². The lowest BCUT2D eigenvalue weighted by Crippen LogP contribution is -2.12. The highest BCUT2D eigenvalue weighted by molar-refractivity contribution is 8.00. The topological polar surface area (TPSA) is 44.1 Å². The Hall–Kier alpha value is -0.970. The van der Waals surface area contributed by atoms with Gasteiger partial charge in [-0.3, -0.25) is 9.48 Å². The van der Waals surface area contributed by atoms with Gasteiger partial charge in [-0.15, -0.1) is 0 Å².